The minimum absolute atomic E-state index is 0.979. The number of allylic oxidation sites excluding steroid dienone is 3. The van der Waals surface area contributed by atoms with Gasteiger partial charge in [0, 0.05) is 0 Å². The molecule has 0 bridgehead atoms. The van der Waals surface area contributed by atoms with Gasteiger partial charge in [0.05, 0.1) is 0 Å². The lowest BCUT2D eigenvalue weighted by molar-refractivity contribution is 0.264. The number of hydrogen-bond donors (Lipinski definition) is 0. The topological polar surface area (TPSA) is 0 Å². The lowest BCUT2D eigenvalue weighted by atomic mass is 9.78. The first-order valence-electron chi connectivity index (χ1n) is 10.1. The van der Waals surface area contributed by atoms with E-state index in [-0.39, 0.29) is 0 Å². The zero-order chi connectivity index (χ0) is 15.6. The van der Waals surface area contributed by atoms with Gasteiger partial charge in [-0.2, -0.15) is 0 Å². The van der Waals surface area contributed by atoms with Gasteiger partial charge in [-0.3, -0.25) is 0 Å². The fourth-order valence-corrected chi connectivity index (χ4v) is 4.56. The number of rotatable bonds is 8. The van der Waals surface area contributed by atoms with Crippen molar-refractivity contribution in [2.75, 3.05) is 0 Å². The van der Waals surface area contributed by atoms with Gasteiger partial charge in [0.15, 0.2) is 0 Å². The van der Waals surface area contributed by atoms with Gasteiger partial charge in [0.1, 0.15) is 0 Å². The van der Waals surface area contributed by atoms with Gasteiger partial charge in [-0.05, 0) is 75.0 Å². The molecule has 0 N–H and O–H groups in total. The Labute approximate surface area is 139 Å². The smallest absolute Gasteiger partial charge is 0.0322 e. The number of hydrogen-bond acceptors (Lipinski definition) is 0. The maximum absolute atomic E-state index is 3.85. The van der Waals surface area contributed by atoms with E-state index >= 15 is 0 Å². The third-order valence-corrected chi connectivity index (χ3v) is 6.39. The van der Waals surface area contributed by atoms with Gasteiger partial charge in [0.2, 0.25) is 0 Å². The molecule has 2 fully saturated rings. The molecule has 0 heteroatoms. The van der Waals surface area contributed by atoms with Crippen LogP contribution < -0.4 is 0 Å². The summed E-state index contributed by atoms with van der Waals surface area (Å²) in [4.78, 5) is 0. The van der Waals surface area contributed by atoms with Gasteiger partial charge < -0.3 is 0 Å². The predicted molar refractivity (Wildman–Crippen MR) is 99.0 cm³/mol. The Kier molecular flexibility index (Phi) is 8.34. The van der Waals surface area contributed by atoms with Gasteiger partial charge in [-0.15, -0.1) is 6.58 Å². The Bertz CT molecular complexity index is 311. The molecule has 2 aliphatic carbocycles. The molecule has 0 nitrogen and oxygen atoms in total. The molecule has 0 heterocycles. The monoisotopic (exact) mass is 302 g/mol. The summed E-state index contributed by atoms with van der Waals surface area (Å²) in [7, 11) is 0. The SMILES string of the molecule is C=CCCC1CCC(C/C=C\CC2CCC(CC)CC2)CC1. The molecule has 0 amide bonds. The fourth-order valence-electron chi connectivity index (χ4n) is 4.56. The van der Waals surface area contributed by atoms with E-state index in [2.05, 4.69) is 31.7 Å². The first kappa shape index (κ1) is 17.8. The van der Waals surface area contributed by atoms with Gasteiger partial charge in [-0.1, -0.05) is 57.3 Å². The average Bonchev–Trinajstić information content (AvgIpc) is 2.58. The Morgan fingerprint density at radius 3 is 1.64 bits per heavy atom. The van der Waals surface area contributed by atoms with Crippen molar-refractivity contribution in [3.63, 3.8) is 0 Å². The van der Waals surface area contributed by atoms with Gasteiger partial charge in [-0.25, -0.2) is 0 Å². The van der Waals surface area contributed by atoms with Crippen LogP contribution in [0.25, 0.3) is 0 Å². The van der Waals surface area contributed by atoms with Crippen molar-refractivity contribution in [3.05, 3.63) is 24.8 Å². The van der Waals surface area contributed by atoms with Crippen molar-refractivity contribution in [2.24, 2.45) is 23.7 Å². The zero-order valence-electron chi connectivity index (χ0n) is 14.9. The molecule has 0 unspecified atom stereocenters. The van der Waals surface area contributed by atoms with E-state index in [0.717, 1.165) is 23.7 Å². The van der Waals surface area contributed by atoms with Crippen molar-refractivity contribution in [1.82, 2.24) is 0 Å². The normalized spacial score (nSPS) is 33.1. The second-order valence-corrected chi connectivity index (χ2v) is 7.99. The molecule has 0 radical (unpaired) electrons. The summed E-state index contributed by atoms with van der Waals surface area (Å²) in [5.74, 6) is 4.00. The third-order valence-electron chi connectivity index (χ3n) is 6.39. The maximum Gasteiger partial charge on any atom is -0.0322 e. The lowest BCUT2D eigenvalue weighted by Gasteiger charge is -2.28. The Morgan fingerprint density at radius 2 is 1.18 bits per heavy atom. The zero-order valence-corrected chi connectivity index (χ0v) is 14.9. The molecule has 0 aromatic carbocycles. The molecule has 0 aromatic heterocycles. The van der Waals surface area contributed by atoms with E-state index in [1.54, 1.807) is 0 Å². The van der Waals surface area contributed by atoms with Crippen molar-refractivity contribution in [1.29, 1.82) is 0 Å². The van der Waals surface area contributed by atoms with Crippen LogP contribution >= 0.6 is 0 Å². The van der Waals surface area contributed by atoms with Crippen LogP contribution in [0.4, 0.5) is 0 Å². The van der Waals surface area contributed by atoms with Gasteiger partial charge in [0.25, 0.3) is 0 Å². The van der Waals surface area contributed by atoms with E-state index in [0.29, 0.717) is 0 Å². The van der Waals surface area contributed by atoms with Gasteiger partial charge >= 0.3 is 0 Å². The van der Waals surface area contributed by atoms with E-state index in [1.807, 2.05) is 0 Å². The van der Waals surface area contributed by atoms with Crippen LogP contribution in [0, 0.1) is 23.7 Å². The molecular formula is C22H38. The molecule has 0 spiro atoms. The molecule has 2 rings (SSSR count). The van der Waals surface area contributed by atoms with Crippen LogP contribution in [0.1, 0.15) is 90.4 Å². The minimum Gasteiger partial charge on any atom is -0.103 e. The summed E-state index contributed by atoms with van der Waals surface area (Å²) in [6, 6.07) is 0. The van der Waals surface area contributed by atoms with E-state index in [1.165, 1.54) is 83.5 Å². The van der Waals surface area contributed by atoms with E-state index in [9.17, 15) is 0 Å². The Balaban J connectivity index is 1.54. The standard InChI is InChI=1S/C22H38/c1-3-5-8-20-15-17-22(18-16-20)10-7-6-9-21-13-11-19(4-2)12-14-21/h3,6-7,19-22H,1,4-5,8-18H2,2H3/b7-6-. The largest absolute Gasteiger partial charge is 0.103 e. The molecule has 2 saturated carbocycles. The quantitative estimate of drug-likeness (QED) is 0.412. The highest BCUT2D eigenvalue weighted by Gasteiger charge is 2.20. The van der Waals surface area contributed by atoms with Crippen LogP contribution in [-0.2, 0) is 0 Å². The van der Waals surface area contributed by atoms with Crippen molar-refractivity contribution in [3.8, 4) is 0 Å². The molecule has 2 aliphatic rings. The van der Waals surface area contributed by atoms with Crippen molar-refractivity contribution >= 4 is 0 Å². The van der Waals surface area contributed by atoms with Crippen LogP contribution in [0.3, 0.4) is 0 Å². The molecule has 22 heavy (non-hydrogen) atoms. The first-order valence-corrected chi connectivity index (χ1v) is 10.1. The summed E-state index contributed by atoms with van der Waals surface area (Å²) >= 11 is 0. The van der Waals surface area contributed by atoms with Crippen LogP contribution in [-0.4, -0.2) is 0 Å². The maximum atomic E-state index is 3.85. The Morgan fingerprint density at radius 1 is 0.727 bits per heavy atom. The van der Waals surface area contributed by atoms with Crippen LogP contribution in [0.15, 0.2) is 24.8 Å². The van der Waals surface area contributed by atoms with E-state index in [4.69, 9.17) is 0 Å². The lowest BCUT2D eigenvalue weighted by Crippen LogP contribution is -2.14. The average molecular weight is 303 g/mol. The summed E-state index contributed by atoms with van der Waals surface area (Å²) in [5.41, 5.74) is 0. The molecule has 0 atom stereocenters. The fraction of sp³-hybridized carbons (Fsp3) is 0.818. The highest BCUT2D eigenvalue weighted by atomic mass is 14.3. The van der Waals surface area contributed by atoms with E-state index < -0.39 is 0 Å². The van der Waals surface area contributed by atoms with Crippen molar-refractivity contribution in [2.45, 2.75) is 90.4 Å². The summed E-state index contributed by atoms with van der Waals surface area (Å²) in [6.07, 6.45) is 25.6. The first-order chi connectivity index (χ1) is 10.8. The molecule has 0 aromatic rings. The molecule has 0 aliphatic heterocycles. The molecule has 126 valence electrons. The Hall–Kier alpha value is -0.520. The highest BCUT2D eigenvalue weighted by Crippen LogP contribution is 2.34. The highest BCUT2D eigenvalue weighted by molar-refractivity contribution is 4.89. The summed E-state index contributed by atoms with van der Waals surface area (Å²) < 4.78 is 0. The second kappa shape index (κ2) is 10.3. The minimum atomic E-state index is 0.979. The predicted octanol–water partition coefficient (Wildman–Crippen LogP) is 7.31. The van der Waals surface area contributed by atoms with Crippen molar-refractivity contribution < 1.29 is 0 Å². The van der Waals surface area contributed by atoms with Crippen LogP contribution in [0.2, 0.25) is 0 Å². The molecular weight excluding hydrogens is 264 g/mol. The summed E-state index contributed by atoms with van der Waals surface area (Å²) in [5, 5.41) is 0. The third kappa shape index (κ3) is 6.31. The molecule has 0 saturated heterocycles. The van der Waals surface area contributed by atoms with Crippen LogP contribution in [0.5, 0.6) is 0 Å². The second-order valence-electron chi connectivity index (χ2n) is 7.99. The summed E-state index contributed by atoms with van der Waals surface area (Å²) in [6.45, 7) is 6.21.